The van der Waals surface area contributed by atoms with Gasteiger partial charge in [-0.25, -0.2) is 0 Å². The molecule has 0 unspecified atom stereocenters. The van der Waals surface area contributed by atoms with E-state index in [0.717, 1.165) is 78.2 Å². The maximum atomic E-state index is 7.16. The number of aryl methyl sites for hydroxylation is 1. The summed E-state index contributed by atoms with van der Waals surface area (Å²) in [7, 11) is -1.75. The van der Waals surface area contributed by atoms with Gasteiger partial charge in [0.05, 0.1) is 24.9 Å². The second kappa shape index (κ2) is 18.5. The Bertz CT molecular complexity index is 5080. The number of furan rings is 2. The molecule has 418 valence electrons. The van der Waals surface area contributed by atoms with Crippen LogP contribution in [0, 0.1) is 6.92 Å². The molecule has 86 heavy (non-hydrogen) atoms. The second-order valence-electron chi connectivity index (χ2n) is 27.3. The normalized spacial score (nSPS) is 13.6. The number of benzene rings is 12. The van der Waals surface area contributed by atoms with Gasteiger partial charge in [-0.3, -0.25) is 0 Å². The molecule has 2 aliphatic rings. The van der Waals surface area contributed by atoms with Gasteiger partial charge >= 0.3 is 0 Å². The molecular weight excluding hydrogens is 1060 g/mol. The lowest BCUT2D eigenvalue weighted by atomic mass is 9.68. The van der Waals surface area contributed by atoms with E-state index in [1.54, 1.807) is 0 Å². The molecule has 16 rings (SSSR count). The minimum Gasteiger partial charge on any atom is -0.454 e. The molecule has 0 radical (unpaired) electrons. The van der Waals surface area contributed by atoms with Crippen molar-refractivity contribution in [2.24, 2.45) is 0 Å². The first kappa shape index (κ1) is 52.2. The van der Waals surface area contributed by atoms with Gasteiger partial charge in [0.1, 0.15) is 11.2 Å². The van der Waals surface area contributed by atoms with Crippen molar-refractivity contribution in [3.05, 3.63) is 269 Å². The summed E-state index contributed by atoms with van der Waals surface area (Å²) in [4.78, 5) is 4.78. The highest BCUT2D eigenvalue weighted by Gasteiger charge is 2.54. The summed E-state index contributed by atoms with van der Waals surface area (Å²) >= 11 is 0. The Balaban J connectivity index is 0.952. The van der Waals surface area contributed by atoms with Gasteiger partial charge in [-0.05, 0) is 166 Å². The Morgan fingerprint density at radius 1 is 0.349 bits per heavy atom. The molecule has 14 aromatic rings. The summed E-state index contributed by atoms with van der Waals surface area (Å²) in [5.41, 5.74) is 23.5. The predicted octanol–water partition coefficient (Wildman–Crippen LogP) is 22.5. The average Bonchev–Trinajstić information content (AvgIpc) is 1.50. The molecular formula is C81H68N2O2Si. The zero-order valence-electron chi connectivity index (χ0n) is 50.7. The van der Waals surface area contributed by atoms with Gasteiger partial charge < -0.3 is 18.6 Å². The van der Waals surface area contributed by atoms with Gasteiger partial charge in [0.2, 0.25) is 0 Å². The minimum atomic E-state index is -1.75. The molecule has 1 spiro atoms. The van der Waals surface area contributed by atoms with E-state index in [0.29, 0.717) is 0 Å². The van der Waals surface area contributed by atoms with E-state index in [1.807, 2.05) is 0 Å². The van der Waals surface area contributed by atoms with Crippen LogP contribution in [0.2, 0.25) is 19.6 Å². The molecule has 4 nitrogen and oxygen atoms in total. The van der Waals surface area contributed by atoms with E-state index in [-0.39, 0.29) is 10.8 Å². The third-order valence-electron chi connectivity index (χ3n) is 19.0. The van der Waals surface area contributed by atoms with Crippen LogP contribution >= 0.6 is 0 Å². The topological polar surface area (TPSA) is 32.8 Å². The number of rotatable bonds is 7. The first-order chi connectivity index (χ1) is 41.5. The van der Waals surface area contributed by atoms with Crippen molar-refractivity contribution < 1.29 is 8.83 Å². The van der Waals surface area contributed by atoms with Crippen molar-refractivity contribution in [3.8, 4) is 22.3 Å². The Kier molecular flexibility index (Phi) is 11.2. The molecule has 0 N–H and O–H groups in total. The predicted molar refractivity (Wildman–Crippen MR) is 367 cm³/mol. The molecule has 0 bridgehead atoms. The number of hydrogen-bond donors (Lipinski definition) is 0. The molecule has 5 heteroatoms. The highest BCUT2D eigenvalue weighted by Crippen LogP contribution is 2.66. The minimum absolute atomic E-state index is 0.0611. The smallest absolute Gasteiger partial charge is 0.159 e. The van der Waals surface area contributed by atoms with E-state index >= 15 is 0 Å². The standard InChI is InChI=1S/C81H68N2O2Si/c1-49-21-17-26-62-63-27-18-30-70(76(63)84-75(49)62)82(54-22-13-11-14-23-54)56-37-41-58-50(45-56)33-39-60-61-40-34-51-46-57(83(55-24-15-12-16-25-55)71-31-19-28-64-65-29-20-32-72(86(8,9)10)78(65)85-77(64)71)38-42-59(51)74(61)81(73(58)60)68-43-35-52(79(2,3)4)47-66(68)67-48-53(80(5,6)7)36-44-69(67)81/h11-48H,1-10H3. The maximum absolute atomic E-state index is 7.16. The molecule has 2 heterocycles. The van der Waals surface area contributed by atoms with Crippen molar-refractivity contribution in [2.45, 2.75) is 84.4 Å². The molecule has 12 aromatic carbocycles. The van der Waals surface area contributed by atoms with Crippen molar-refractivity contribution >= 4 is 113 Å². The van der Waals surface area contributed by atoms with Crippen LogP contribution in [-0.4, -0.2) is 8.07 Å². The van der Waals surface area contributed by atoms with Crippen molar-refractivity contribution in [3.63, 3.8) is 0 Å². The van der Waals surface area contributed by atoms with Crippen molar-refractivity contribution in [2.75, 3.05) is 9.80 Å². The van der Waals surface area contributed by atoms with Crippen LogP contribution in [0.3, 0.4) is 0 Å². The Morgan fingerprint density at radius 2 is 0.779 bits per heavy atom. The molecule has 0 atom stereocenters. The van der Waals surface area contributed by atoms with E-state index < -0.39 is 13.5 Å². The highest BCUT2D eigenvalue weighted by molar-refractivity contribution is 6.90. The highest BCUT2D eigenvalue weighted by atomic mass is 28.3. The number of hydrogen-bond acceptors (Lipinski definition) is 4. The quantitative estimate of drug-likeness (QED) is 0.149. The Hall–Kier alpha value is -9.42. The van der Waals surface area contributed by atoms with Gasteiger partial charge in [0, 0.05) is 44.3 Å². The zero-order chi connectivity index (χ0) is 58.8. The zero-order valence-corrected chi connectivity index (χ0v) is 51.7. The number of para-hydroxylation sites is 6. The Morgan fingerprint density at radius 3 is 1.24 bits per heavy atom. The van der Waals surface area contributed by atoms with E-state index in [9.17, 15) is 0 Å². The van der Waals surface area contributed by atoms with E-state index in [1.165, 1.54) is 87.8 Å². The van der Waals surface area contributed by atoms with Gasteiger partial charge in [0.25, 0.3) is 0 Å². The molecule has 2 aliphatic carbocycles. The van der Waals surface area contributed by atoms with Crippen LogP contribution in [-0.2, 0) is 16.2 Å². The van der Waals surface area contributed by atoms with Crippen molar-refractivity contribution in [1.29, 1.82) is 0 Å². The van der Waals surface area contributed by atoms with E-state index in [4.69, 9.17) is 8.83 Å². The molecule has 0 saturated heterocycles. The fraction of sp³-hybridized carbons (Fsp3) is 0.160. The van der Waals surface area contributed by atoms with Gasteiger partial charge in [-0.2, -0.15) is 0 Å². The van der Waals surface area contributed by atoms with E-state index in [2.05, 4.69) is 308 Å². The summed E-state index contributed by atoms with van der Waals surface area (Å²) in [6, 6.07) is 86.8. The summed E-state index contributed by atoms with van der Waals surface area (Å²) in [6.07, 6.45) is 0. The third kappa shape index (κ3) is 7.59. The molecule has 2 aromatic heterocycles. The summed E-state index contributed by atoms with van der Waals surface area (Å²) < 4.78 is 14.1. The lowest BCUT2D eigenvalue weighted by Gasteiger charge is -2.33. The SMILES string of the molecule is Cc1cccc2c1oc1c(N(c3ccccc3)c3ccc4c5c(ccc4c3)-c3ccc4cc(N(c6ccccc6)c6cccc7c6oc6c([Si](C)(C)C)cccc67)ccc4c3C53c4ccc(C(C)(C)C)cc4-c4cc(C(C)(C)C)ccc43)cccc12. The lowest BCUT2D eigenvalue weighted by molar-refractivity contribution is 0.589. The first-order valence-corrected chi connectivity index (χ1v) is 34.0. The molecule has 0 aliphatic heterocycles. The largest absolute Gasteiger partial charge is 0.454 e. The van der Waals surface area contributed by atoms with Gasteiger partial charge in [-0.1, -0.05) is 231 Å². The molecule has 0 fully saturated rings. The monoisotopic (exact) mass is 1130 g/mol. The number of fused-ring (bicyclic) bond motifs is 20. The molecule has 0 saturated carbocycles. The Labute approximate surface area is 504 Å². The summed E-state index contributed by atoms with van der Waals surface area (Å²) in [5, 5.41) is 10.7. The lowest BCUT2D eigenvalue weighted by Crippen LogP contribution is -2.37. The fourth-order valence-corrected chi connectivity index (χ4v) is 16.3. The summed E-state index contributed by atoms with van der Waals surface area (Å²) in [5.74, 6) is 0. The maximum Gasteiger partial charge on any atom is 0.159 e. The van der Waals surface area contributed by atoms with Crippen molar-refractivity contribution in [1.82, 2.24) is 0 Å². The molecule has 0 amide bonds. The van der Waals surface area contributed by atoms with Crippen LogP contribution < -0.4 is 15.0 Å². The van der Waals surface area contributed by atoms with Crippen LogP contribution in [0.5, 0.6) is 0 Å². The first-order valence-electron chi connectivity index (χ1n) is 30.5. The van der Waals surface area contributed by atoms with Gasteiger partial charge in [0.15, 0.2) is 11.2 Å². The fourth-order valence-electron chi connectivity index (χ4n) is 14.8. The van der Waals surface area contributed by atoms with Crippen LogP contribution in [0.15, 0.2) is 239 Å². The van der Waals surface area contributed by atoms with Gasteiger partial charge in [-0.15, -0.1) is 0 Å². The summed E-state index contributed by atoms with van der Waals surface area (Å²) in [6.45, 7) is 23.4. The number of anilines is 6. The average molecular weight is 1130 g/mol. The van der Waals surface area contributed by atoms with Crippen LogP contribution in [0.1, 0.15) is 80.5 Å². The number of nitrogens with zero attached hydrogens (tertiary/aromatic N) is 2. The van der Waals surface area contributed by atoms with Crippen LogP contribution in [0.25, 0.3) is 87.7 Å². The third-order valence-corrected chi connectivity index (χ3v) is 21.0. The van der Waals surface area contributed by atoms with Crippen LogP contribution in [0.4, 0.5) is 34.1 Å². The second-order valence-corrected chi connectivity index (χ2v) is 32.3.